The van der Waals surface area contributed by atoms with Crippen LogP contribution in [-0.2, 0) is 24.0 Å². The van der Waals surface area contributed by atoms with Crippen molar-refractivity contribution in [1.82, 2.24) is 36.1 Å². The second-order valence-electron chi connectivity index (χ2n) is 15.5. The van der Waals surface area contributed by atoms with Crippen LogP contribution < -0.4 is 21.3 Å². The lowest BCUT2D eigenvalue weighted by molar-refractivity contribution is -0.146. The van der Waals surface area contributed by atoms with E-state index < -0.39 is 59.0 Å². The van der Waals surface area contributed by atoms with Crippen molar-refractivity contribution in [2.75, 3.05) is 6.54 Å². The molecule has 3 saturated carbocycles. The van der Waals surface area contributed by atoms with E-state index >= 15 is 0 Å². The molecule has 0 unspecified atom stereocenters. The number of likely N-dealkylation sites (tertiary alicyclic amines) is 1. The van der Waals surface area contributed by atoms with Crippen LogP contribution in [-0.4, -0.2) is 86.9 Å². The first-order valence-electron chi connectivity index (χ1n) is 18.2. The number of nitrogens with one attached hydrogen (secondary N) is 4. The molecule has 0 radical (unpaired) electrons. The van der Waals surface area contributed by atoms with Gasteiger partial charge in [0.05, 0.1) is 12.2 Å². The molecule has 0 bridgehead atoms. The maximum Gasteiger partial charge on any atom is 0.289 e. The Labute approximate surface area is 343 Å². The Morgan fingerprint density at radius 1 is 0.852 bits per heavy atom. The fourth-order valence-electron chi connectivity index (χ4n) is 7.87. The molecule has 5 rings (SSSR count). The molecule has 16 heteroatoms. The van der Waals surface area contributed by atoms with Gasteiger partial charge in [-0.3, -0.25) is 33.8 Å². The Morgan fingerprint density at radius 3 is 2.09 bits per heavy atom. The molecule has 2 heterocycles. The Bertz CT molecular complexity index is 1410. The normalized spacial score (nSPS) is 22.0. The van der Waals surface area contributed by atoms with Crippen LogP contribution in [0, 0.1) is 23.2 Å². The standard InChI is InChI=1S/C36H53N7O6.2CH4.3H2S/c1-5-10-25(29(44)34(48)39-23-15-16-23)40-33(47)28-24-14-9-13-22(24)20-43(28)35(49)30(36(2,3)4)42-32(46)27(21-11-7-6-8-12-21)41-31(45)26-19-37-17-18-38-26;;;;;/h17-19,21-25,27-28,30H,5-16,20H2,1-4H3,(H,39,48)(H,40,47)(H,41,45)(H,42,46);2*1H4;3*1H2/t22-,24-,25-,27+,28-,30-;;;;;/m1...../s1. The SMILES string of the molecule is C.C.CCC[C@@H](NC(=O)[C@H]1[C@@H]2CCC[C@@H]2CN1C(=O)[C@@H](NC(=O)[C@@H](NC(=O)c1cnccn1)C1CCCCC1)C(C)(C)C)C(=O)C(=O)NC1CC1.S.S.S. The number of Topliss-reactive ketones (excluding diaryl/α,β-unsaturated/α-hetero) is 1. The molecule has 1 aromatic heterocycles. The van der Waals surface area contributed by atoms with Crippen molar-refractivity contribution in [1.29, 1.82) is 0 Å². The first-order chi connectivity index (χ1) is 23.4. The number of carbonyl (C=O) groups excluding carboxylic acids is 6. The summed E-state index contributed by atoms with van der Waals surface area (Å²) in [4.78, 5) is 91.4. The summed E-state index contributed by atoms with van der Waals surface area (Å²) in [7, 11) is 0. The maximum absolute atomic E-state index is 14.6. The summed E-state index contributed by atoms with van der Waals surface area (Å²) in [5, 5.41) is 11.5. The quantitative estimate of drug-likeness (QED) is 0.216. The largest absolute Gasteiger partial charge is 0.347 e. The zero-order valence-electron chi connectivity index (χ0n) is 30.8. The average molecular weight is 814 g/mol. The number of aromatic nitrogens is 2. The van der Waals surface area contributed by atoms with Crippen molar-refractivity contribution in [3.8, 4) is 0 Å². The number of rotatable bonds is 13. The molecule has 1 saturated heterocycles. The van der Waals surface area contributed by atoms with E-state index in [1.807, 2.05) is 27.7 Å². The van der Waals surface area contributed by atoms with Gasteiger partial charge in [0.25, 0.3) is 11.8 Å². The van der Waals surface area contributed by atoms with Gasteiger partial charge in [-0.2, -0.15) is 40.5 Å². The molecule has 1 aliphatic heterocycles. The van der Waals surface area contributed by atoms with Crippen LogP contribution in [0.25, 0.3) is 0 Å². The summed E-state index contributed by atoms with van der Waals surface area (Å²) >= 11 is 0. The minimum absolute atomic E-state index is 0. The van der Waals surface area contributed by atoms with E-state index in [0.29, 0.717) is 19.4 Å². The van der Waals surface area contributed by atoms with Crippen LogP contribution >= 0.6 is 40.5 Å². The number of hydrogen-bond donors (Lipinski definition) is 4. The minimum Gasteiger partial charge on any atom is -0.347 e. The third kappa shape index (κ3) is 12.6. The zero-order valence-corrected chi connectivity index (χ0v) is 33.8. The molecular weight excluding hydrogens is 747 g/mol. The predicted molar refractivity (Wildman–Crippen MR) is 225 cm³/mol. The third-order valence-corrected chi connectivity index (χ3v) is 10.7. The topological polar surface area (TPSA) is 180 Å². The van der Waals surface area contributed by atoms with Crippen molar-refractivity contribution >= 4 is 75.8 Å². The van der Waals surface area contributed by atoms with E-state index in [1.165, 1.54) is 18.6 Å². The number of carbonyl (C=O) groups is 6. The van der Waals surface area contributed by atoms with Gasteiger partial charge in [-0.05, 0) is 68.1 Å². The monoisotopic (exact) mass is 813 g/mol. The number of fused-ring (bicyclic) bond motifs is 1. The van der Waals surface area contributed by atoms with Crippen LogP contribution in [0.4, 0.5) is 0 Å². The van der Waals surface area contributed by atoms with Gasteiger partial charge in [-0.1, -0.05) is 74.7 Å². The van der Waals surface area contributed by atoms with E-state index in [-0.39, 0.29) is 90.7 Å². The second-order valence-corrected chi connectivity index (χ2v) is 15.5. The van der Waals surface area contributed by atoms with Gasteiger partial charge in [0.2, 0.25) is 23.5 Å². The van der Waals surface area contributed by atoms with Crippen LogP contribution in [0.3, 0.4) is 0 Å². The van der Waals surface area contributed by atoms with Crippen LogP contribution in [0.15, 0.2) is 18.6 Å². The van der Waals surface area contributed by atoms with E-state index in [2.05, 4.69) is 31.2 Å². The third-order valence-electron chi connectivity index (χ3n) is 10.7. The smallest absolute Gasteiger partial charge is 0.289 e. The molecule has 1 aromatic rings. The first-order valence-corrected chi connectivity index (χ1v) is 18.2. The van der Waals surface area contributed by atoms with E-state index in [1.54, 1.807) is 4.90 Å². The van der Waals surface area contributed by atoms with Crippen molar-refractivity contribution in [2.24, 2.45) is 23.2 Å². The van der Waals surface area contributed by atoms with Crippen molar-refractivity contribution in [3.63, 3.8) is 0 Å². The first kappa shape index (κ1) is 51.1. The molecule has 54 heavy (non-hydrogen) atoms. The fraction of sp³-hybridized carbons (Fsp3) is 0.737. The zero-order chi connectivity index (χ0) is 35.3. The fourth-order valence-corrected chi connectivity index (χ4v) is 7.87. The molecule has 0 spiro atoms. The van der Waals surface area contributed by atoms with E-state index in [9.17, 15) is 28.8 Å². The highest BCUT2D eigenvalue weighted by Crippen LogP contribution is 2.43. The van der Waals surface area contributed by atoms with Crippen molar-refractivity contribution < 1.29 is 28.8 Å². The summed E-state index contributed by atoms with van der Waals surface area (Å²) in [5.74, 6) is -3.20. The van der Waals surface area contributed by atoms with Crippen molar-refractivity contribution in [3.05, 3.63) is 24.3 Å². The minimum atomic E-state index is -0.994. The molecule has 6 atom stereocenters. The molecule has 4 aliphatic rings. The Hall–Kier alpha value is -2.85. The summed E-state index contributed by atoms with van der Waals surface area (Å²) in [6.07, 6.45) is 13.9. The van der Waals surface area contributed by atoms with Gasteiger partial charge in [0.1, 0.15) is 23.8 Å². The number of hydrogen-bond acceptors (Lipinski definition) is 8. The Morgan fingerprint density at radius 2 is 1.52 bits per heavy atom. The predicted octanol–water partition coefficient (Wildman–Crippen LogP) is 4.06. The summed E-state index contributed by atoms with van der Waals surface area (Å²) in [6, 6.07) is -3.68. The maximum atomic E-state index is 14.6. The number of ketones is 1. The van der Waals surface area contributed by atoms with E-state index in [0.717, 1.165) is 64.2 Å². The number of amides is 5. The Kier molecular flexibility index (Phi) is 21.4. The molecule has 4 fully saturated rings. The van der Waals surface area contributed by atoms with Gasteiger partial charge >= 0.3 is 0 Å². The molecule has 5 amide bonds. The molecule has 0 aromatic carbocycles. The summed E-state index contributed by atoms with van der Waals surface area (Å²) in [6.45, 7) is 7.85. The molecular formula is C38H67N7O6S3. The van der Waals surface area contributed by atoms with Crippen LogP contribution in [0.1, 0.15) is 130 Å². The van der Waals surface area contributed by atoms with Crippen molar-refractivity contribution in [2.45, 2.75) is 150 Å². The van der Waals surface area contributed by atoms with Crippen LogP contribution in [0.2, 0.25) is 0 Å². The molecule has 3 aliphatic carbocycles. The van der Waals surface area contributed by atoms with E-state index in [4.69, 9.17) is 0 Å². The van der Waals surface area contributed by atoms with Gasteiger partial charge < -0.3 is 26.2 Å². The molecule has 13 nitrogen and oxygen atoms in total. The van der Waals surface area contributed by atoms with Gasteiger partial charge in [-0.25, -0.2) is 4.98 Å². The summed E-state index contributed by atoms with van der Waals surface area (Å²) < 4.78 is 0. The number of nitrogens with zero attached hydrogens (tertiary/aromatic N) is 3. The lowest BCUT2D eigenvalue weighted by atomic mass is 9.82. The highest BCUT2D eigenvalue weighted by Gasteiger charge is 2.52. The average Bonchev–Trinajstić information content (AvgIpc) is 3.65. The molecule has 308 valence electrons. The van der Waals surface area contributed by atoms with Crippen LogP contribution in [0.5, 0.6) is 0 Å². The van der Waals surface area contributed by atoms with Gasteiger partial charge in [-0.15, -0.1) is 0 Å². The highest BCUT2D eigenvalue weighted by atomic mass is 32.1. The molecule has 4 N–H and O–H groups in total. The highest BCUT2D eigenvalue weighted by molar-refractivity contribution is 7.59. The van der Waals surface area contributed by atoms with Gasteiger partial charge in [0, 0.05) is 25.0 Å². The lowest BCUT2D eigenvalue weighted by Crippen LogP contribution is -2.62. The van der Waals surface area contributed by atoms with Gasteiger partial charge in [0.15, 0.2) is 0 Å². The summed E-state index contributed by atoms with van der Waals surface area (Å²) in [5.41, 5.74) is -0.638. The Balaban J connectivity index is 0.00000562. The second kappa shape index (κ2) is 22.6. The lowest BCUT2D eigenvalue weighted by Gasteiger charge is -2.38.